The minimum atomic E-state index is 0.502. The molecule has 0 nitrogen and oxygen atoms in total. The van der Waals surface area contributed by atoms with Crippen LogP contribution in [0.15, 0.2) is 0 Å². The van der Waals surface area contributed by atoms with E-state index in [4.69, 9.17) is 0 Å². The second-order valence-electron chi connectivity index (χ2n) is 4.55. The molecule has 0 aliphatic heterocycles. The summed E-state index contributed by atoms with van der Waals surface area (Å²) in [5, 5.41) is 0. The second kappa shape index (κ2) is 7.28. The first-order valence-corrected chi connectivity index (χ1v) is 7.09. The van der Waals surface area contributed by atoms with Gasteiger partial charge in [0.15, 0.2) is 0 Å². The Morgan fingerprint density at radius 3 is 2.08 bits per heavy atom. The maximum absolute atomic E-state index is 3.51. The molecule has 0 aromatic rings. The molecule has 13 heavy (non-hydrogen) atoms. The van der Waals surface area contributed by atoms with E-state index in [1.807, 2.05) is 0 Å². The molecule has 0 radical (unpaired) electrons. The molecule has 2 heteroatoms. The Morgan fingerprint density at radius 1 is 1.08 bits per heavy atom. The molecule has 0 aliphatic carbocycles. The molecule has 0 N–H and O–H groups in total. The lowest BCUT2D eigenvalue weighted by atomic mass is 9.82. The summed E-state index contributed by atoms with van der Waals surface area (Å²) in [4.78, 5) is 0. The fraction of sp³-hybridized carbons (Fsp3) is 1.00. The third-order valence-electron chi connectivity index (χ3n) is 2.48. The van der Waals surface area contributed by atoms with E-state index in [1.54, 1.807) is 0 Å². The van der Waals surface area contributed by atoms with Crippen LogP contribution < -0.4 is 0 Å². The fourth-order valence-electron chi connectivity index (χ4n) is 1.52. The number of hydrogen-bond donors (Lipinski definition) is 0. The van der Waals surface area contributed by atoms with Gasteiger partial charge in [-0.15, -0.1) is 0 Å². The quantitative estimate of drug-likeness (QED) is 0.545. The Labute approximate surface area is 100 Å². The molecule has 0 atom stereocenters. The minimum Gasteiger partial charge on any atom is -0.0765 e. The maximum Gasteiger partial charge on any atom is 0.0697 e. The molecule has 0 aromatic carbocycles. The van der Waals surface area contributed by atoms with Crippen LogP contribution in [0, 0.1) is 5.41 Å². The Kier molecular flexibility index (Phi) is 7.82. The molecular weight excluding hydrogens is 292 g/mol. The summed E-state index contributed by atoms with van der Waals surface area (Å²) in [6.07, 6.45) is 7.97. The monoisotopic (exact) mass is 312 g/mol. The van der Waals surface area contributed by atoms with Gasteiger partial charge in [0.25, 0.3) is 0 Å². The number of alkyl halides is 2. The van der Waals surface area contributed by atoms with Crippen LogP contribution in [0.3, 0.4) is 0 Å². The Morgan fingerprint density at radius 2 is 1.62 bits per heavy atom. The molecule has 0 rings (SSSR count). The molecule has 0 heterocycles. The summed E-state index contributed by atoms with van der Waals surface area (Å²) in [7, 11) is 0. The molecule has 0 spiro atoms. The highest BCUT2D eigenvalue weighted by Crippen LogP contribution is 2.30. The van der Waals surface area contributed by atoms with Crippen LogP contribution >= 0.6 is 31.9 Å². The SMILES string of the molecule is CCCCC(C)(C)CCCC(Br)Br. The molecule has 0 aromatic heterocycles. The van der Waals surface area contributed by atoms with Crippen LogP contribution in [-0.2, 0) is 0 Å². The van der Waals surface area contributed by atoms with E-state index >= 15 is 0 Å². The van der Waals surface area contributed by atoms with Crippen molar-refractivity contribution in [1.29, 1.82) is 0 Å². The summed E-state index contributed by atoms with van der Waals surface area (Å²) in [5.74, 6) is 0. The van der Waals surface area contributed by atoms with Crippen molar-refractivity contribution in [2.45, 2.75) is 63.0 Å². The highest BCUT2D eigenvalue weighted by molar-refractivity contribution is 9.24. The fourth-order valence-corrected chi connectivity index (χ4v) is 2.16. The molecule has 0 saturated carbocycles. The number of halogens is 2. The molecule has 0 fully saturated rings. The smallest absolute Gasteiger partial charge is 0.0697 e. The van der Waals surface area contributed by atoms with Crippen LogP contribution in [0.25, 0.3) is 0 Å². The van der Waals surface area contributed by atoms with Crippen LogP contribution in [0.1, 0.15) is 59.3 Å². The summed E-state index contributed by atoms with van der Waals surface area (Å²) in [5.41, 5.74) is 0.547. The van der Waals surface area contributed by atoms with Gasteiger partial charge in [-0.1, -0.05) is 71.9 Å². The Hall–Kier alpha value is 0.960. The highest BCUT2D eigenvalue weighted by atomic mass is 79.9. The van der Waals surface area contributed by atoms with E-state index < -0.39 is 0 Å². The van der Waals surface area contributed by atoms with E-state index in [0.717, 1.165) is 0 Å². The van der Waals surface area contributed by atoms with Crippen molar-refractivity contribution in [3.63, 3.8) is 0 Å². The van der Waals surface area contributed by atoms with Gasteiger partial charge in [0, 0.05) is 0 Å². The molecule has 0 saturated heterocycles. The van der Waals surface area contributed by atoms with Crippen LogP contribution in [0.4, 0.5) is 0 Å². The standard InChI is InChI=1S/C11H22Br2/c1-4-5-8-11(2,3)9-6-7-10(12)13/h10H,4-9H2,1-3H3. The van der Waals surface area contributed by atoms with Gasteiger partial charge in [-0.05, 0) is 24.7 Å². The summed E-state index contributed by atoms with van der Waals surface area (Å²) in [6.45, 7) is 7.04. The predicted octanol–water partition coefficient (Wildman–Crippen LogP) is 5.49. The average Bonchev–Trinajstić information content (AvgIpc) is 2.00. The van der Waals surface area contributed by atoms with Crippen molar-refractivity contribution in [3.8, 4) is 0 Å². The zero-order valence-electron chi connectivity index (χ0n) is 9.08. The lowest BCUT2D eigenvalue weighted by Gasteiger charge is -2.24. The first-order chi connectivity index (χ1) is 5.98. The summed E-state index contributed by atoms with van der Waals surface area (Å²) in [6, 6.07) is 0. The molecule has 0 unspecified atom stereocenters. The molecular formula is C11H22Br2. The normalized spacial score (nSPS) is 12.5. The van der Waals surface area contributed by atoms with Gasteiger partial charge in [0.05, 0.1) is 3.74 Å². The van der Waals surface area contributed by atoms with Crippen molar-refractivity contribution in [1.82, 2.24) is 0 Å². The van der Waals surface area contributed by atoms with E-state index in [0.29, 0.717) is 9.15 Å². The van der Waals surface area contributed by atoms with Gasteiger partial charge < -0.3 is 0 Å². The van der Waals surface area contributed by atoms with Crippen molar-refractivity contribution >= 4 is 31.9 Å². The predicted molar refractivity (Wildman–Crippen MR) is 68.8 cm³/mol. The number of rotatable bonds is 7. The number of hydrogen-bond acceptors (Lipinski definition) is 0. The largest absolute Gasteiger partial charge is 0.0765 e. The lowest BCUT2D eigenvalue weighted by molar-refractivity contribution is 0.289. The van der Waals surface area contributed by atoms with Crippen molar-refractivity contribution < 1.29 is 0 Å². The minimum absolute atomic E-state index is 0.502. The van der Waals surface area contributed by atoms with Crippen LogP contribution in [0.5, 0.6) is 0 Å². The van der Waals surface area contributed by atoms with Crippen LogP contribution in [-0.4, -0.2) is 3.74 Å². The molecule has 0 bridgehead atoms. The first kappa shape index (κ1) is 14.0. The molecule has 0 aliphatic rings. The van der Waals surface area contributed by atoms with Gasteiger partial charge in [0.2, 0.25) is 0 Å². The first-order valence-electron chi connectivity index (χ1n) is 5.26. The third kappa shape index (κ3) is 9.27. The van der Waals surface area contributed by atoms with Gasteiger partial charge in [-0.25, -0.2) is 0 Å². The lowest BCUT2D eigenvalue weighted by Crippen LogP contribution is -2.11. The maximum atomic E-state index is 3.51. The Bertz CT molecular complexity index is 119. The van der Waals surface area contributed by atoms with Gasteiger partial charge in [0.1, 0.15) is 0 Å². The second-order valence-corrected chi connectivity index (χ2v) is 7.99. The highest BCUT2D eigenvalue weighted by Gasteiger charge is 2.16. The third-order valence-corrected chi connectivity index (χ3v) is 3.40. The summed E-state index contributed by atoms with van der Waals surface area (Å²) >= 11 is 7.02. The topological polar surface area (TPSA) is 0 Å². The van der Waals surface area contributed by atoms with Crippen molar-refractivity contribution in [2.24, 2.45) is 5.41 Å². The van der Waals surface area contributed by atoms with E-state index in [2.05, 4.69) is 52.6 Å². The number of unbranched alkanes of at least 4 members (excludes halogenated alkanes) is 1. The molecule has 80 valence electrons. The van der Waals surface area contributed by atoms with Crippen LogP contribution in [0.2, 0.25) is 0 Å². The van der Waals surface area contributed by atoms with Gasteiger partial charge >= 0.3 is 0 Å². The van der Waals surface area contributed by atoms with Crippen molar-refractivity contribution in [2.75, 3.05) is 0 Å². The zero-order valence-corrected chi connectivity index (χ0v) is 12.2. The van der Waals surface area contributed by atoms with Gasteiger partial charge in [-0.2, -0.15) is 0 Å². The average molecular weight is 314 g/mol. The van der Waals surface area contributed by atoms with E-state index in [-0.39, 0.29) is 0 Å². The van der Waals surface area contributed by atoms with E-state index in [1.165, 1.54) is 38.5 Å². The van der Waals surface area contributed by atoms with E-state index in [9.17, 15) is 0 Å². The zero-order chi connectivity index (χ0) is 10.3. The Balaban J connectivity index is 3.50. The summed E-state index contributed by atoms with van der Waals surface area (Å²) < 4.78 is 0.502. The molecule has 0 amide bonds. The van der Waals surface area contributed by atoms with Crippen molar-refractivity contribution in [3.05, 3.63) is 0 Å². The van der Waals surface area contributed by atoms with Gasteiger partial charge in [-0.3, -0.25) is 0 Å².